The molecule has 0 aromatic heterocycles. The highest BCUT2D eigenvalue weighted by molar-refractivity contribution is 6.32. The van der Waals surface area contributed by atoms with Crippen LogP contribution < -0.4 is 5.32 Å². The van der Waals surface area contributed by atoms with E-state index >= 15 is 0 Å². The summed E-state index contributed by atoms with van der Waals surface area (Å²) in [5.74, 6) is 0.0413. The molecule has 0 unspecified atom stereocenters. The summed E-state index contributed by atoms with van der Waals surface area (Å²) in [6.07, 6.45) is 0. The molecule has 1 rings (SSSR count). The molecule has 0 bridgehead atoms. The minimum Gasteiger partial charge on any atom is -0.506 e. The van der Waals surface area contributed by atoms with Crippen LogP contribution in [0, 0.1) is 0 Å². The van der Waals surface area contributed by atoms with Gasteiger partial charge in [-0.2, -0.15) is 0 Å². The number of phenolic OH excluding ortho intramolecular Hbond substituents is 1. The van der Waals surface area contributed by atoms with Crippen molar-refractivity contribution in [1.29, 1.82) is 0 Å². The zero-order valence-electron chi connectivity index (χ0n) is 6.42. The Morgan fingerprint density at radius 2 is 2.17 bits per heavy atom. The largest absolute Gasteiger partial charge is 0.506 e. The van der Waals surface area contributed by atoms with E-state index in [9.17, 15) is 0 Å². The van der Waals surface area contributed by atoms with E-state index in [1.807, 2.05) is 0 Å². The van der Waals surface area contributed by atoms with Crippen molar-refractivity contribution in [2.75, 3.05) is 18.5 Å². The van der Waals surface area contributed by atoms with Crippen molar-refractivity contribution in [1.82, 2.24) is 0 Å². The predicted octanol–water partition coefficient (Wildman–Crippen LogP) is 1.45. The van der Waals surface area contributed by atoms with Crippen LogP contribution in [-0.4, -0.2) is 23.4 Å². The molecule has 0 aliphatic heterocycles. The van der Waals surface area contributed by atoms with Gasteiger partial charge in [-0.25, -0.2) is 0 Å². The number of aliphatic hydroxyl groups is 1. The first-order chi connectivity index (χ1) is 5.74. The fraction of sp³-hybridized carbons (Fsp3) is 0.250. The van der Waals surface area contributed by atoms with Gasteiger partial charge < -0.3 is 15.5 Å². The van der Waals surface area contributed by atoms with Crippen LogP contribution in [0.1, 0.15) is 0 Å². The lowest BCUT2D eigenvalue weighted by atomic mass is 10.3. The Balaban J connectivity index is 2.69. The maximum atomic E-state index is 9.16. The Bertz CT molecular complexity index is 265. The van der Waals surface area contributed by atoms with Crippen molar-refractivity contribution in [3.63, 3.8) is 0 Å². The summed E-state index contributed by atoms with van der Waals surface area (Å²) >= 11 is 5.59. The van der Waals surface area contributed by atoms with Gasteiger partial charge in [-0.3, -0.25) is 0 Å². The average Bonchev–Trinajstić information content (AvgIpc) is 2.07. The Hall–Kier alpha value is -0.930. The minimum absolute atomic E-state index is 0.0413. The van der Waals surface area contributed by atoms with Crippen LogP contribution in [0.5, 0.6) is 5.75 Å². The number of aliphatic hydroxyl groups excluding tert-OH is 1. The monoisotopic (exact) mass is 187 g/mol. The van der Waals surface area contributed by atoms with E-state index in [1.165, 1.54) is 6.07 Å². The summed E-state index contributed by atoms with van der Waals surface area (Å²) in [7, 11) is 0. The third kappa shape index (κ3) is 2.29. The van der Waals surface area contributed by atoms with Crippen LogP contribution in [0.4, 0.5) is 5.69 Å². The molecule has 66 valence electrons. The molecular formula is C8H10ClNO2. The predicted molar refractivity (Wildman–Crippen MR) is 48.7 cm³/mol. The van der Waals surface area contributed by atoms with Gasteiger partial charge in [0.05, 0.1) is 11.6 Å². The second kappa shape index (κ2) is 4.18. The summed E-state index contributed by atoms with van der Waals surface area (Å²) in [6, 6.07) is 4.84. The van der Waals surface area contributed by atoms with Crippen LogP contribution in [0.15, 0.2) is 18.2 Å². The number of benzene rings is 1. The van der Waals surface area contributed by atoms with Crippen LogP contribution in [0.25, 0.3) is 0 Å². The van der Waals surface area contributed by atoms with E-state index in [0.717, 1.165) is 5.69 Å². The lowest BCUT2D eigenvalue weighted by Crippen LogP contribution is -2.04. The average molecular weight is 188 g/mol. The van der Waals surface area contributed by atoms with Crippen molar-refractivity contribution in [2.24, 2.45) is 0 Å². The normalized spacial score (nSPS) is 9.83. The van der Waals surface area contributed by atoms with Gasteiger partial charge in [0, 0.05) is 18.3 Å². The van der Waals surface area contributed by atoms with Gasteiger partial charge in [0.15, 0.2) is 0 Å². The van der Waals surface area contributed by atoms with Gasteiger partial charge in [0.25, 0.3) is 0 Å². The molecule has 1 aromatic carbocycles. The van der Waals surface area contributed by atoms with Gasteiger partial charge in [0.2, 0.25) is 0 Å². The Kier molecular flexibility index (Phi) is 3.19. The molecule has 12 heavy (non-hydrogen) atoms. The Labute approximate surface area is 75.6 Å². The molecule has 0 radical (unpaired) electrons. The van der Waals surface area contributed by atoms with Crippen LogP contribution in [0.3, 0.4) is 0 Å². The minimum atomic E-state index is 0.0413. The summed E-state index contributed by atoms with van der Waals surface area (Å²) in [5, 5.41) is 20.9. The van der Waals surface area contributed by atoms with Crippen molar-refractivity contribution >= 4 is 17.3 Å². The number of rotatable bonds is 3. The molecule has 0 spiro atoms. The molecule has 0 fully saturated rings. The second-order valence-electron chi connectivity index (χ2n) is 2.32. The summed E-state index contributed by atoms with van der Waals surface area (Å²) < 4.78 is 0. The van der Waals surface area contributed by atoms with E-state index in [2.05, 4.69) is 5.32 Å². The smallest absolute Gasteiger partial charge is 0.136 e. The van der Waals surface area contributed by atoms with E-state index < -0.39 is 0 Å². The molecule has 0 atom stereocenters. The standard InChI is InChI=1S/C8H10ClNO2/c9-7-2-1-6(5-8(7)12)10-3-4-11/h1-2,5,10-12H,3-4H2. The van der Waals surface area contributed by atoms with Crippen LogP contribution in [-0.2, 0) is 0 Å². The highest BCUT2D eigenvalue weighted by atomic mass is 35.5. The fourth-order valence-electron chi connectivity index (χ4n) is 0.823. The highest BCUT2D eigenvalue weighted by Gasteiger charge is 1.98. The van der Waals surface area contributed by atoms with Crippen molar-refractivity contribution in [3.05, 3.63) is 23.2 Å². The molecule has 0 saturated carbocycles. The van der Waals surface area contributed by atoms with Crippen LogP contribution >= 0.6 is 11.6 Å². The molecular weight excluding hydrogens is 178 g/mol. The number of hydrogen-bond donors (Lipinski definition) is 3. The highest BCUT2D eigenvalue weighted by Crippen LogP contribution is 2.25. The number of anilines is 1. The third-order valence-electron chi connectivity index (χ3n) is 1.39. The number of hydrogen-bond acceptors (Lipinski definition) is 3. The van der Waals surface area contributed by atoms with E-state index in [-0.39, 0.29) is 12.4 Å². The molecule has 0 aliphatic rings. The number of phenols is 1. The fourth-order valence-corrected chi connectivity index (χ4v) is 0.940. The molecule has 0 amide bonds. The maximum Gasteiger partial charge on any atom is 0.136 e. The van der Waals surface area contributed by atoms with E-state index in [4.69, 9.17) is 21.8 Å². The second-order valence-corrected chi connectivity index (χ2v) is 2.72. The Morgan fingerprint density at radius 1 is 1.42 bits per heavy atom. The molecule has 3 N–H and O–H groups in total. The van der Waals surface area contributed by atoms with Crippen LogP contribution in [0.2, 0.25) is 5.02 Å². The van der Waals surface area contributed by atoms with E-state index in [0.29, 0.717) is 11.6 Å². The first-order valence-electron chi connectivity index (χ1n) is 3.57. The molecule has 1 aromatic rings. The van der Waals surface area contributed by atoms with Gasteiger partial charge in [-0.1, -0.05) is 11.6 Å². The molecule has 0 saturated heterocycles. The van der Waals surface area contributed by atoms with Gasteiger partial charge in [-0.05, 0) is 12.1 Å². The zero-order valence-corrected chi connectivity index (χ0v) is 7.17. The number of halogens is 1. The van der Waals surface area contributed by atoms with Crippen molar-refractivity contribution in [2.45, 2.75) is 0 Å². The quantitative estimate of drug-likeness (QED) is 0.672. The van der Waals surface area contributed by atoms with Crippen molar-refractivity contribution < 1.29 is 10.2 Å². The maximum absolute atomic E-state index is 9.16. The summed E-state index contributed by atoms with van der Waals surface area (Å²) in [4.78, 5) is 0. The van der Waals surface area contributed by atoms with Gasteiger partial charge >= 0.3 is 0 Å². The SMILES string of the molecule is OCCNc1ccc(Cl)c(O)c1. The first kappa shape index (κ1) is 9.16. The third-order valence-corrected chi connectivity index (χ3v) is 1.71. The first-order valence-corrected chi connectivity index (χ1v) is 3.95. The number of aromatic hydroxyl groups is 1. The summed E-state index contributed by atoms with van der Waals surface area (Å²) in [6.45, 7) is 0.518. The lowest BCUT2D eigenvalue weighted by molar-refractivity contribution is 0.311. The topological polar surface area (TPSA) is 52.5 Å². The molecule has 4 heteroatoms. The molecule has 0 aliphatic carbocycles. The molecule has 3 nitrogen and oxygen atoms in total. The lowest BCUT2D eigenvalue weighted by Gasteiger charge is -2.04. The number of nitrogens with one attached hydrogen (secondary N) is 1. The zero-order chi connectivity index (χ0) is 8.97. The van der Waals surface area contributed by atoms with Crippen molar-refractivity contribution in [3.8, 4) is 5.75 Å². The van der Waals surface area contributed by atoms with Gasteiger partial charge in [0.1, 0.15) is 5.75 Å². The summed E-state index contributed by atoms with van der Waals surface area (Å²) in [5.41, 5.74) is 0.742. The molecule has 0 heterocycles. The van der Waals surface area contributed by atoms with E-state index in [1.54, 1.807) is 12.1 Å². The Morgan fingerprint density at radius 3 is 2.75 bits per heavy atom. The van der Waals surface area contributed by atoms with Gasteiger partial charge in [-0.15, -0.1) is 0 Å².